The second-order valence-electron chi connectivity index (χ2n) is 4.66. The maximum Gasteiger partial charge on any atom is 0.224 e. The molecule has 1 heterocycles. The third kappa shape index (κ3) is 4.45. The number of carbonyl (C=O) groups is 1. The molecule has 0 radical (unpaired) electrons. The Morgan fingerprint density at radius 3 is 2.62 bits per heavy atom. The van der Waals surface area contributed by atoms with E-state index in [1.54, 1.807) is 12.4 Å². The van der Waals surface area contributed by atoms with Gasteiger partial charge in [0.1, 0.15) is 5.82 Å². The number of benzene rings is 1. The number of carbonyl (C=O) groups excluding carboxylic acids is 1. The van der Waals surface area contributed by atoms with Gasteiger partial charge in [0, 0.05) is 43.2 Å². The lowest BCUT2D eigenvalue weighted by molar-refractivity contribution is -0.116. The first-order valence-corrected chi connectivity index (χ1v) is 6.55. The van der Waals surface area contributed by atoms with Crippen LogP contribution in [-0.2, 0) is 11.3 Å². The molecule has 2 aromatic rings. The number of anilines is 2. The molecule has 0 saturated heterocycles. The highest BCUT2D eigenvalue weighted by Crippen LogP contribution is 2.16. The Kier molecular flexibility index (Phi) is 4.71. The summed E-state index contributed by atoms with van der Waals surface area (Å²) in [5.74, 6) is -0.673. The molecule has 1 aromatic heterocycles. The van der Waals surface area contributed by atoms with Crippen LogP contribution in [0.5, 0.6) is 0 Å². The van der Waals surface area contributed by atoms with E-state index in [0.717, 1.165) is 0 Å². The maximum absolute atomic E-state index is 13.0. The quantitative estimate of drug-likeness (QED) is 0.826. The molecule has 0 atom stereocenters. The number of pyridine rings is 1. The van der Waals surface area contributed by atoms with Gasteiger partial charge < -0.3 is 15.6 Å². The standard InChI is InChI=1S/C15H16FN3O2/c16-13-4-3-11(10-14(13)17)18-15(21)2-1-7-19-8-5-12(20)6-9-19/h3-6,8-10H,1-2,7,17H2,(H,18,21). The Hall–Kier alpha value is -2.63. The van der Waals surface area contributed by atoms with E-state index in [0.29, 0.717) is 25.1 Å². The average molecular weight is 289 g/mol. The van der Waals surface area contributed by atoms with Crippen LogP contribution in [0.15, 0.2) is 47.5 Å². The predicted molar refractivity (Wildman–Crippen MR) is 79.4 cm³/mol. The Labute approximate surface area is 121 Å². The highest BCUT2D eigenvalue weighted by Gasteiger charge is 2.04. The van der Waals surface area contributed by atoms with Crippen molar-refractivity contribution in [2.45, 2.75) is 19.4 Å². The molecule has 0 spiro atoms. The van der Waals surface area contributed by atoms with E-state index in [2.05, 4.69) is 5.32 Å². The molecule has 1 amide bonds. The molecule has 0 unspecified atom stereocenters. The Bertz CT molecular complexity index is 677. The monoisotopic (exact) mass is 289 g/mol. The number of nitrogens with zero attached hydrogens (tertiary/aromatic N) is 1. The van der Waals surface area contributed by atoms with Crippen LogP contribution in [0.2, 0.25) is 0 Å². The second kappa shape index (κ2) is 6.69. The van der Waals surface area contributed by atoms with E-state index in [1.807, 2.05) is 4.57 Å². The number of hydrogen-bond acceptors (Lipinski definition) is 3. The summed E-state index contributed by atoms with van der Waals surface area (Å²) in [6.45, 7) is 0.638. The maximum atomic E-state index is 13.0. The summed E-state index contributed by atoms with van der Waals surface area (Å²) in [4.78, 5) is 22.7. The van der Waals surface area contributed by atoms with Crippen molar-refractivity contribution in [3.63, 3.8) is 0 Å². The first kappa shape index (κ1) is 14.8. The normalized spacial score (nSPS) is 10.3. The first-order chi connectivity index (χ1) is 10.0. The summed E-state index contributed by atoms with van der Waals surface area (Å²) in [7, 11) is 0. The Balaban J connectivity index is 1.80. The highest BCUT2D eigenvalue weighted by molar-refractivity contribution is 5.91. The fraction of sp³-hybridized carbons (Fsp3) is 0.200. The number of nitrogens with two attached hydrogens (primary N) is 1. The van der Waals surface area contributed by atoms with Crippen molar-refractivity contribution in [1.29, 1.82) is 0 Å². The van der Waals surface area contributed by atoms with Crippen LogP contribution in [0.1, 0.15) is 12.8 Å². The molecule has 5 nitrogen and oxygen atoms in total. The lowest BCUT2D eigenvalue weighted by Crippen LogP contribution is -2.13. The van der Waals surface area contributed by atoms with Gasteiger partial charge in [0.05, 0.1) is 5.69 Å². The molecule has 0 aliphatic rings. The van der Waals surface area contributed by atoms with Crippen LogP contribution < -0.4 is 16.5 Å². The number of amides is 1. The minimum Gasteiger partial charge on any atom is -0.396 e. The summed E-state index contributed by atoms with van der Waals surface area (Å²) in [6.07, 6.45) is 4.32. The van der Waals surface area contributed by atoms with Crippen molar-refractivity contribution in [3.05, 3.63) is 58.8 Å². The lowest BCUT2D eigenvalue weighted by Gasteiger charge is -2.08. The fourth-order valence-corrected chi connectivity index (χ4v) is 1.86. The van der Waals surface area contributed by atoms with Crippen molar-refractivity contribution in [2.24, 2.45) is 0 Å². The van der Waals surface area contributed by atoms with Gasteiger partial charge in [-0.2, -0.15) is 0 Å². The SMILES string of the molecule is Nc1cc(NC(=O)CCCn2ccc(=O)cc2)ccc1F. The number of aromatic nitrogens is 1. The van der Waals surface area contributed by atoms with Crippen LogP contribution in [0.25, 0.3) is 0 Å². The van der Waals surface area contributed by atoms with E-state index < -0.39 is 5.82 Å². The second-order valence-corrected chi connectivity index (χ2v) is 4.66. The minimum absolute atomic E-state index is 0.000980. The number of rotatable bonds is 5. The Morgan fingerprint density at radius 1 is 1.24 bits per heavy atom. The molecular formula is C15H16FN3O2. The number of nitrogens with one attached hydrogen (secondary N) is 1. The molecule has 1 aromatic carbocycles. The van der Waals surface area contributed by atoms with Gasteiger partial charge in [-0.3, -0.25) is 9.59 Å². The predicted octanol–water partition coefficient (Wildman–Crippen LogP) is 1.99. The fourth-order valence-electron chi connectivity index (χ4n) is 1.86. The van der Waals surface area contributed by atoms with Crippen LogP contribution >= 0.6 is 0 Å². The van der Waals surface area contributed by atoms with E-state index in [-0.39, 0.29) is 17.0 Å². The third-order valence-electron chi connectivity index (χ3n) is 2.96. The zero-order chi connectivity index (χ0) is 15.2. The number of aryl methyl sites for hydroxylation is 1. The summed E-state index contributed by atoms with van der Waals surface area (Å²) in [6, 6.07) is 7.01. The molecule has 21 heavy (non-hydrogen) atoms. The first-order valence-electron chi connectivity index (χ1n) is 6.55. The van der Waals surface area contributed by atoms with E-state index in [9.17, 15) is 14.0 Å². The van der Waals surface area contributed by atoms with Gasteiger partial charge in [0.25, 0.3) is 0 Å². The minimum atomic E-state index is -0.508. The number of nitrogen functional groups attached to an aromatic ring is 1. The van der Waals surface area contributed by atoms with Gasteiger partial charge in [-0.15, -0.1) is 0 Å². The van der Waals surface area contributed by atoms with Gasteiger partial charge in [-0.05, 0) is 24.6 Å². The average Bonchev–Trinajstić information content (AvgIpc) is 2.45. The number of halogens is 1. The van der Waals surface area contributed by atoms with Crippen molar-refractivity contribution < 1.29 is 9.18 Å². The largest absolute Gasteiger partial charge is 0.396 e. The summed E-state index contributed by atoms with van der Waals surface area (Å²) >= 11 is 0. The molecule has 0 fully saturated rings. The van der Waals surface area contributed by atoms with Gasteiger partial charge in [-0.1, -0.05) is 0 Å². The number of hydrogen-bond donors (Lipinski definition) is 2. The van der Waals surface area contributed by atoms with Gasteiger partial charge in [0.2, 0.25) is 5.91 Å². The van der Waals surface area contributed by atoms with E-state index >= 15 is 0 Å². The molecule has 0 aliphatic heterocycles. The summed E-state index contributed by atoms with van der Waals surface area (Å²) in [5.41, 5.74) is 5.86. The van der Waals surface area contributed by atoms with Gasteiger partial charge in [-0.25, -0.2) is 4.39 Å². The molecule has 110 valence electrons. The van der Waals surface area contributed by atoms with Crippen LogP contribution in [0.3, 0.4) is 0 Å². The summed E-state index contributed by atoms with van der Waals surface area (Å²) in [5, 5.41) is 2.66. The zero-order valence-corrected chi connectivity index (χ0v) is 11.4. The summed E-state index contributed by atoms with van der Waals surface area (Å²) < 4.78 is 14.8. The van der Waals surface area contributed by atoms with Crippen LogP contribution in [-0.4, -0.2) is 10.5 Å². The third-order valence-corrected chi connectivity index (χ3v) is 2.96. The lowest BCUT2D eigenvalue weighted by atomic mass is 10.2. The smallest absolute Gasteiger partial charge is 0.224 e. The van der Waals surface area contributed by atoms with Gasteiger partial charge in [0.15, 0.2) is 5.43 Å². The Morgan fingerprint density at radius 2 is 1.95 bits per heavy atom. The topological polar surface area (TPSA) is 77.1 Å². The molecule has 0 bridgehead atoms. The van der Waals surface area contributed by atoms with Crippen molar-refractivity contribution in [3.8, 4) is 0 Å². The molecule has 6 heteroatoms. The molecule has 3 N–H and O–H groups in total. The van der Waals surface area contributed by atoms with Crippen LogP contribution in [0, 0.1) is 5.82 Å². The zero-order valence-electron chi connectivity index (χ0n) is 11.4. The van der Waals surface area contributed by atoms with Crippen LogP contribution in [0.4, 0.5) is 15.8 Å². The van der Waals surface area contributed by atoms with Crippen molar-refractivity contribution >= 4 is 17.3 Å². The molecule has 2 rings (SSSR count). The van der Waals surface area contributed by atoms with E-state index in [4.69, 9.17) is 5.73 Å². The molecule has 0 aliphatic carbocycles. The van der Waals surface area contributed by atoms with E-state index in [1.165, 1.54) is 30.3 Å². The molecule has 0 saturated carbocycles. The highest BCUT2D eigenvalue weighted by atomic mass is 19.1. The van der Waals surface area contributed by atoms with Crippen molar-refractivity contribution in [2.75, 3.05) is 11.1 Å². The van der Waals surface area contributed by atoms with Crippen molar-refractivity contribution in [1.82, 2.24) is 4.57 Å². The van der Waals surface area contributed by atoms with Gasteiger partial charge >= 0.3 is 0 Å². The molecular weight excluding hydrogens is 273 g/mol.